The molecule has 0 aliphatic heterocycles. The van der Waals surface area contributed by atoms with E-state index >= 15 is 0 Å². The quantitative estimate of drug-likeness (QED) is 0.562. The van der Waals surface area contributed by atoms with Gasteiger partial charge in [-0.2, -0.15) is 0 Å². The van der Waals surface area contributed by atoms with Crippen LogP contribution in [-0.4, -0.2) is 44.2 Å². The van der Waals surface area contributed by atoms with Crippen LogP contribution < -0.4 is 0 Å². The minimum atomic E-state index is -0.849. The Morgan fingerprint density at radius 3 is 2.00 bits per heavy atom. The zero-order valence-corrected chi connectivity index (χ0v) is 15.0. The van der Waals surface area contributed by atoms with Gasteiger partial charge in [0.2, 0.25) is 0 Å². The van der Waals surface area contributed by atoms with Crippen molar-refractivity contribution in [2.45, 2.75) is 0 Å². The molecule has 0 aliphatic rings. The summed E-state index contributed by atoms with van der Waals surface area (Å²) in [6.07, 6.45) is 0. The van der Waals surface area contributed by atoms with E-state index in [9.17, 15) is 14.4 Å². The lowest BCUT2D eigenvalue weighted by molar-refractivity contribution is 0.0537. The van der Waals surface area contributed by atoms with Crippen molar-refractivity contribution in [2.75, 3.05) is 21.3 Å². The second kappa shape index (κ2) is 7.33. The third kappa shape index (κ3) is 3.03. The molecule has 138 valence electrons. The number of carbonyl (C=O) groups is 3. The Bertz CT molecular complexity index is 1040. The van der Waals surface area contributed by atoms with Crippen LogP contribution in [0.2, 0.25) is 0 Å². The third-order valence-electron chi connectivity index (χ3n) is 4.23. The first-order valence-electron chi connectivity index (χ1n) is 8.02. The lowest BCUT2D eigenvalue weighted by atomic mass is 9.98. The summed E-state index contributed by atoms with van der Waals surface area (Å²) >= 11 is 0. The van der Waals surface area contributed by atoms with E-state index < -0.39 is 17.9 Å². The predicted molar refractivity (Wildman–Crippen MR) is 97.8 cm³/mol. The average molecular weight is 367 g/mol. The lowest BCUT2D eigenvalue weighted by Gasteiger charge is -2.08. The highest BCUT2D eigenvalue weighted by Gasteiger charge is 2.33. The molecule has 27 heavy (non-hydrogen) atoms. The van der Waals surface area contributed by atoms with E-state index in [1.807, 2.05) is 36.4 Å². The lowest BCUT2D eigenvalue weighted by Crippen LogP contribution is -2.14. The number of H-pyrrole nitrogens is 1. The maximum absolute atomic E-state index is 12.5. The first-order valence-corrected chi connectivity index (χ1v) is 8.02. The summed E-state index contributed by atoms with van der Waals surface area (Å²) in [5, 5.41) is 1.76. The SMILES string of the molecule is COC(=O)c1[nH]c(-c2cccc3ccccc23)c(C(=O)OC)c1C(=O)OC. The molecule has 1 aromatic heterocycles. The van der Waals surface area contributed by atoms with Crippen LogP contribution in [0.4, 0.5) is 0 Å². The molecule has 1 heterocycles. The Hall–Kier alpha value is -3.61. The molecule has 0 saturated carbocycles. The van der Waals surface area contributed by atoms with E-state index in [1.54, 1.807) is 6.07 Å². The number of hydrogen-bond donors (Lipinski definition) is 1. The highest BCUT2D eigenvalue weighted by molar-refractivity contribution is 6.15. The van der Waals surface area contributed by atoms with Crippen LogP contribution in [0.25, 0.3) is 22.0 Å². The molecule has 2 aromatic carbocycles. The summed E-state index contributed by atoms with van der Waals surface area (Å²) in [6.45, 7) is 0. The molecule has 0 bridgehead atoms. The van der Waals surface area contributed by atoms with Crippen molar-refractivity contribution in [1.82, 2.24) is 4.98 Å². The number of esters is 3. The van der Waals surface area contributed by atoms with Gasteiger partial charge < -0.3 is 19.2 Å². The number of fused-ring (bicyclic) bond motifs is 1. The Morgan fingerprint density at radius 1 is 0.741 bits per heavy atom. The van der Waals surface area contributed by atoms with Gasteiger partial charge in [-0.3, -0.25) is 0 Å². The van der Waals surface area contributed by atoms with Crippen LogP contribution in [-0.2, 0) is 14.2 Å². The number of aromatic amines is 1. The summed E-state index contributed by atoms with van der Waals surface area (Å²) in [6, 6.07) is 13.1. The van der Waals surface area contributed by atoms with Crippen molar-refractivity contribution in [2.24, 2.45) is 0 Å². The number of rotatable bonds is 4. The van der Waals surface area contributed by atoms with Crippen LogP contribution in [0, 0.1) is 0 Å². The highest BCUT2D eigenvalue weighted by atomic mass is 16.5. The summed E-state index contributed by atoms with van der Waals surface area (Å²) < 4.78 is 14.4. The first kappa shape index (κ1) is 18.2. The zero-order valence-electron chi connectivity index (χ0n) is 15.0. The van der Waals surface area contributed by atoms with E-state index in [1.165, 1.54) is 14.2 Å². The number of carbonyl (C=O) groups excluding carboxylic acids is 3. The molecule has 0 unspecified atom stereocenters. The Kier molecular flexibility index (Phi) is 4.94. The number of nitrogens with one attached hydrogen (secondary N) is 1. The zero-order chi connectivity index (χ0) is 19.6. The number of benzene rings is 2. The van der Waals surface area contributed by atoms with Crippen molar-refractivity contribution >= 4 is 28.7 Å². The molecule has 3 aromatic rings. The fourth-order valence-electron chi connectivity index (χ4n) is 3.01. The van der Waals surface area contributed by atoms with Crippen molar-refractivity contribution in [1.29, 1.82) is 0 Å². The van der Waals surface area contributed by atoms with Gasteiger partial charge in [-0.05, 0) is 10.8 Å². The summed E-state index contributed by atoms with van der Waals surface area (Å²) in [5.74, 6) is -2.42. The minimum Gasteiger partial charge on any atom is -0.465 e. The minimum absolute atomic E-state index is 0.0823. The number of ether oxygens (including phenoxy) is 3. The molecule has 0 saturated heterocycles. The smallest absolute Gasteiger partial charge is 0.355 e. The number of hydrogen-bond acceptors (Lipinski definition) is 6. The summed E-state index contributed by atoms with van der Waals surface area (Å²) in [4.78, 5) is 39.9. The maximum Gasteiger partial charge on any atom is 0.355 e. The molecular weight excluding hydrogens is 350 g/mol. The van der Waals surface area contributed by atoms with Crippen LogP contribution in [0.1, 0.15) is 31.2 Å². The van der Waals surface area contributed by atoms with E-state index in [0.717, 1.165) is 17.9 Å². The number of methoxy groups -OCH3 is 3. The second-order valence-corrected chi connectivity index (χ2v) is 5.63. The highest BCUT2D eigenvalue weighted by Crippen LogP contribution is 2.34. The van der Waals surface area contributed by atoms with Crippen molar-refractivity contribution in [3.8, 4) is 11.3 Å². The molecule has 7 nitrogen and oxygen atoms in total. The monoisotopic (exact) mass is 367 g/mol. The van der Waals surface area contributed by atoms with Gasteiger partial charge in [0.25, 0.3) is 0 Å². The topological polar surface area (TPSA) is 94.7 Å². The van der Waals surface area contributed by atoms with Gasteiger partial charge in [-0.1, -0.05) is 42.5 Å². The third-order valence-corrected chi connectivity index (χ3v) is 4.23. The van der Waals surface area contributed by atoms with Gasteiger partial charge in [0.15, 0.2) is 0 Å². The van der Waals surface area contributed by atoms with E-state index in [0.29, 0.717) is 5.56 Å². The standard InChI is InChI=1S/C20H17NO6/c1-25-18(22)14-15(19(23)26-2)17(20(24)27-3)21-16(14)13-10-6-8-11-7-4-5-9-12(11)13/h4-10,21H,1-3H3. The fraction of sp³-hybridized carbons (Fsp3) is 0.150. The molecule has 0 amide bonds. The van der Waals surface area contributed by atoms with Gasteiger partial charge >= 0.3 is 17.9 Å². The molecule has 1 N–H and O–H groups in total. The molecule has 0 atom stereocenters. The summed E-state index contributed by atoms with van der Waals surface area (Å²) in [7, 11) is 3.54. The molecule has 7 heteroatoms. The molecule has 0 aliphatic carbocycles. The fourth-order valence-corrected chi connectivity index (χ4v) is 3.01. The second-order valence-electron chi connectivity index (χ2n) is 5.63. The Morgan fingerprint density at radius 2 is 1.33 bits per heavy atom. The number of aromatic nitrogens is 1. The largest absolute Gasteiger partial charge is 0.465 e. The van der Waals surface area contributed by atoms with Gasteiger partial charge in [-0.15, -0.1) is 0 Å². The molecular formula is C20H17NO6. The molecule has 0 spiro atoms. The van der Waals surface area contributed by atoms with E-state index in [-0.39, 0.29) is 22.5 Å². The van der Waals surface area contributed by atoms with Gasteiger partial charge in [0.1, 0.15) is 16.8 Å². The normalized spacial score (nSPS) is 10.5. The van der Waals surface area contributed by atoms with Gasteiger partial charge in [0, 0.05) is 5.56 Å². The van der Waals surface area contributed by atoms with Gasteiger partial charge in [-0.25, -0.2) is 14.4 Å². The molecule has 0 radical (unpaired) electrons. The van der Waals surface area contributed by atoms with Gasteiger partial charge in [0.05, 0.1) is 27.0 Å². The molecule has 3 rings (SSSR count). The van der Waals surface area contributed by atoms with Crippen LogP contribution >= 0.6 is 0 Å². The van der Waals surface area contributed by atoms with Crippen LogP contribution in [0.5, 0.6) is 0 Å². The molecule has 0 fully saturated rings. The summed E-state index contributed by atoms with van der Waals surface area (Å²) in [5.41, 5.74) is 0.432. The Balaban J connectivity index is 2.41. The van der Waals surface area contributed by atoms with Crippen molar-refractivity contribution in [3.63, 3.8) is 0 Å². The first-order chi connectivity index (χ1) is 13.0. The van der Waals surface area contributed by atoms with Crippen LogP contribution in [0.15, 0.2) is 42.5 Å². The van der Waals surface area contributed by atoms with Crippen LogP contribution in [0.3, 0.4) is 0 Å². The van der Waals surface area contributed by atoms with Crippen molar-refractivity contribution < 1.29 is 28.6 Å². The average Bonchev–Trinajstić information content (AvgIpc) is 3.11. The Labute approximate surface area is 154 Å². The maximum atomic E-state index is 12.5. The predicted octanol–water partition coefficient (Wildman–Crippen LogP) is 3.19. The van der Waals surface area contributed by atoms with Crippen molar-refractivity contribution in [3.05, 3.63) is 59.3 Å². The van der Waals surface area contributed by atoms with E-state index in [4.69, 9.17) is 14.2 Å². The van der Waals surface area contributed by atoms with E-state index in [2.05, 4.69) is 4.98 Å².